The highest BCUT2D eigenvalue weighted by atomic mass is 16.3. The number of hydrogen-bond acceptors (Lipinski definition) is 2. The summed E-state index contributed by atoms with van der Waals surface area (Å²) in [7, 11) is 0. The van der Waals surface area contributed by atoms with Gasteiger partial charge in [0.15, 0.2) is 0 Å². The molecule has 0 radical (unpaired) electrons. The van der Waals surface area contributed by atoms with E-state index in [0.717, 1.165) is 24.7 Å². The predicted octanol–water partition coefficient (Wildman–Crippen LogP) is 2.06. The van der Waals surface area contributed by atoms with Crippen LogP contribution in [0, 0.1) is 11.8 Å². The van der Waals surface area contributed by atoms with Crippen LogP contribution in [0.5, 0.6) is 0 Å². The molecular weight excluding hydrogens is 174 g/mol. The van der Waals surface area contributed by atoms with Crippen molar-refractivity contribution in [3.63, 3.8) is 0 Å². The molecule has 0 aliphatic heterocycles. The molecule has 2 aliphatic rings. The average molecular weight is 197 g/mol. The molecule has 0 bridgehead atoms. The average Bonchev–Trinajstić information content (AvgIpc) is 2.05. The third-order valence-corrected chi connectivity index (χ3v) is 4.15. The fourth-order valence-electron chi connectivity index (χ4n) is 2.76. The molecule has 2 fully saturated rings. The van der Waals surface area contributed by atoms with E-state index in [9.17, 15) is 5.11 Å². The molecule has 2 rings (SSSR count). The Hall–Kier alpha value is -0.0800. The first-order chi connectivity index (χ1) is 6.72. The van der Waals surface area contributed by atoms with Gasteiger partial charge in [-0.1, -0.05) is 38.5 Å². The van der Waals surface area contributed by atoms with Gasteiger partial charge in [0.25, 0.3) is 0 Å². The van der Waals surface area contributed by atoms with Crippen LogP contribution in [0.25, 0.3) is 0 Å². The highest BCUT2D eigenvalue weighted by Gasteiger charge is 2.34. The largest absolute Gasteiger partial charge is 0.394 e. The van der Waals surface area contributed by atoms with Gasteiger partial charge >= 0.3 is 0 Å². The summed E-state index contributed by atoms with van der Waals surface area (Å²) in [6.45, 7) is 0.181. The maximum Gasteiger partial charge on any atom is 0.0611 e. The second kappa shape index (κ2) is 4.19. The van der Waals surface area contributed by atoms with Gasteiger partial charge in [-0.3, -0.25) is 0 Å². The Kier molecular flexibility index (Phi) is 3.13. The molecule has 3 N–H and O–H groups in total. The molecule has 2 saturated carbocycles. The number of rotatable bonds is 5. The first kappa shape index (κ1) is 10.4. The van der Waals surface area contributed by atoms with E-state index in [2.05, 4.69) is 0 Å². The van der Waals surface area contributed by atoms with E-state index in [0.29, 0.717) is 0 Å². The van der Waals surface area contributed by atoms with Gasteiger partial charge in [0.05, 0.1) is 6.61 Å². The van der Waals surface area contributed by atoms with Gasteiger partial charge in [-0.15, -0.1) is 0 Å². The molecule has 0 unspecified atom stereocenters. The molecule has 0 amide bonds. The lowest BCUT2D eigenvalue weighted by molar-refractivity contribution is 0.103. The standard InChI is InChI=1S/C12H23NO/c13-12(9-14,7-10-3-1-4-10)8-11-5-2-6-11/h10-11,14H,1-9,13H2. The summed E-state index contributed by atoms with van der Waals surface area (Å²) >= 11 is 0. The fourth-order valence-corrected chi connectivity index (χ4v) is 2.76. The molecular formula is C12H23NO. The van der Waals surface area contributed by atoms with Crippen molar-refractivity contribution in [2.45, 2.75) is 56.9 Å². The van der Waals surface area contributed by atoms with Crippen molar-refractivity contribution < 1.29 is 5.11 Å². The van der Waals surface area contributed by atoms with Crippen molar-refractivity contribution in [3.8, 4) is 0 Å². The lowest BCUT2D eigenvalue weighted by Crippen LogP contribution is -2.48. The zero-order chi connectivity index (χ0) is 10.0. The maximum atomic E-state index is 9.40. The zero-order valence-electron chi connectivity index (χ0n) is 9.04. The van der Waals surface area contributed by atoms with Crippen LogP contribution in [0.2, 0.25) is 0 Å². The minimum absolute atomic E-state index is 0.181. The Labute approximate surface area is 86.9 Å². The Morgan fingerprint density at radius 2 is 1.43 bits per heavy atom. The highest BCUT2D eigenvalue weighted by Crippen LogP contribution is 2.38. The summed E-state index contributed by atoms with van der Waals surface area (Å²) in [6, 6.07) is 0. The molecule has 2 heteroatoms. The van der Waals surface area contributed by atoms with Gasteiger partial charge in [0, 0.05) is 5.54 Å². The molecule has 0 spiro atoms. The quantitative estimate of drug-likeness (QED) is 0.708. The van der Waals surface area contributed by atoms with Crippen molar-refractivity contribution in [1.29, 1.82) is 0 Å². The molecule has 0 aromatic heterocycles. The number of aliphatic hydroxyl groups is 1. The van der Waals surface area contributed by atoms with E-state index in [1.54, 1.807) is 0 Å². The summed E-state index contributed by atoms with van der Waals surface area (Å²) in [6.07, 6.45) is 10.2. The molecule has 0 aromatic carbocycles. The van der Waals surface area contributed by atoms with Crippen LogP contribution in [-0.2, 0) is 0 Å². The molecule has 2 aliphatic carbocycles. The molecule has 82 valence electrons. The van der Waals surface area contributed by atoms with Crippen molar-refractivity contribution in [2.24, 2.45) is 17.6 Å². The van der Waals surface area contributed by atoms with Gasteiger partial charge in [0.1, 0.15) is 0 Å². The lowest BCUT2D eigenvalue weighted by atomic mass is 9.70. The smallest absolute Gasteiger partial charge is 0.0611 e. The van der Waals surface area contributed by atoms with E-state index in [1.807, 2.05) is 0 Å². The van der Waals surface area contributed by atoms with Crippen molar-refractivity contribution in [2.75, 3.05) is 6.61 Å². The topological polar surface area (TPSA) is 46.2 Å². The number of aliphatic hydroxyl groups excluding tert-OH is 1. The van der Waals surface area contributed by atoms with Gasteiger partial charge in [0.2, 0.25) is 0 Å². The second-order valence-electron chi connectivity index (χ2n) is 5.52. The Morgan fingerprint density at radius 1 is 1.00 bits per heavy atom. The lowest BCUT2D eigenvalue weighted by Gasteiger charge is -2.40. The highest BCUT2D eigenvalue weighted by molar-refractivity contribution is 4.91. The summed E-state index contributed by atoms with van der Waals surface area (Å²) in [4.78, 5) is 0. The van der Waals surface area contributed by atoms with Crippen molar-refractivity contribution >= 4 is 0 Å². The monoisotopic (exact) mass is 197 g/mol. The molecule has 0 saturated heterocycles. The van der Waals surface area contributed by atoms with Crippen LogP contribution >= 0.6 is 0 Å². The minimum Gasteiger partial charge on any atom is -0.394 e. The first-order valence-corrected chi connectivity index (χ1v) is 6.12. The number of hydrogen-bond donors (Lipinski definition) is 2. The molecule has 0 heterocycles. The van der Waals surface area contributed by atoms with Crippen LogP contribution in [0.4, 0.5) is 0 Å². The van der Waals surface area contributed by atoms with Crippen LogP contribution in [0.1, 0.15) is 51.4 Å². The molecule has 14 heavy (non-hydrogen) atoms. The Morgan fingerprint density at radius 3 is 1.64 bits per heavy atom. The summed E-state index contributed by atoms with van der Waals surface area (Å²) < 4.78 is 0. The van der Waals surface area contributed by atoms with E-state index in [1.165, 1.54) is 38.5 Å². The SMILES string of the molecule is NC(CO)(CC1CCC1)CC1CCC1. The molecule has 0 atom stereocenters. The van der Waals surface area contributed by atoms with Crippen molar-refractivity contribution in [3.05, 3.63) is 0 Å². The third kappa shape index (κ3) is 2.29. The van der Waals surface area contributed by atoms with E-state index >= 15 is 0 Å². The predicted molar refractivity (Wildman–Crippen MR) is 57.9 cm³/mol. The van der Waals surface area contributed by atoms with E-state index in [4.69, 9.17) is 5.73 Å². The summed E-state index contributed by atoms with van der Waals surface area (Å²) in [5.41, 5.74) is 6.01. The van der Waals surface area contributed by atoms with E-state index < -0.39 is 0 Å². The van der Waals surface area contributed by atoms with Crippen molar-refractivity contribution in [1.82, 2.24) is 0 Å². The van der Waals surface area contributed by atoms with Crippen LogP contribution in [0.15, 0.2) is 0 Å². The normalized spacial score (nSPS) is 24.4. The Balaban J connectivity index is 1.79. The van der Waals surface area contributed by atoms with Gasteiger partial charge in [-0.25, -0.2) is 0 Å². The van der Waals surface area contributed by atoms with Gasteiger partial charge in [-0.05, 0) is 24.7 Å². The van der Waals surface area contributed by atoms with Crippen LogP contribution < -0.4 is 5.73 Å². The fraction of sp³-hybridized carbons (Fsp3) is 1.00. The number of nitrogens with two attached hydrogens (primary N) is 1. The van der Waals surface area contributed by atoms with Gasteiger partial charge in [-0.2, -0.15) is 0 Å². The Bertz CT molecular complexity index is 169. The van der Waals surface area contributed by atoms with Gasteiger partial charge < -0.3 is 10.8 Å². The molecule has 2 nitrogen and oxygen atoms in total. The van der Waals surface area contributed by atoms with Crippen LogP contribution in [0.3, 0.4) is 0 Å². The summed E-state index contributed by atoms with van der Waals surface area (Å²) in [5.74, 6) is 1.62. The van der Waals surface area contributed by atoms with E-state index in [-0.39, 0.29) is 12.1 Å². The first-order valence-electron chi connectivity index (χ1n) is 6.12. The molecule has 0 aromatic rings. The maximum absolute atomic E-state index is 9.40. The zero-order valence-corrected chi connectivity index (χ0v) is 9.04. The minimum atomic E-state index is -0.254. The third-order valence-electron chi connectivity index (χ3n) is 4.15. The second-order valence-corrected chi connectivity index (χ2v) is 5.52. The van der Waals surface area contributed by atoms with Crippen LogP contribution in [-0.4, -0.2) is 17.3 Å². The summed E-state index contributed by atoms with van der Waals surface area (Å²) in [5, 5.41) is 9.40.